The molecule has 0 bridgehead atoms. The Kier molecular flexibility index (Phi) is 4.18. The van der Waals surface area contributed by atoms with Gasteiger partial charge in [0.2, 0.25) is 0 Å². The molecule has 1 heterocycles. The van der Waals surface area contributed by atoms with Gasteiger partial charge in [-0.2, -0.15) is 15.4 Å². The van der Waals surface area contributed by atoms with E-state index in [1.54, 1.807) is 42.5 Å². The first kappa shape index (κ1) is 15.3. The second-order valence-corrected chi connectivity index (χ2v) is 5.43. The zero-order chi connectivity index (χ0) is 16.4. The maximum absolute atomic E-state index is 11.3. The van der Waals surface area contributed by atoms with E-state index >= 15 is 0 Å². The van der Waals surface area contributed by atoms with E-state index < -0.39 is 5.91 Å². The maximum Gasteiger partial charge on any atom is 0.271 e. The molecule has 6 nitrogen and oxygen atoms in total. The van der Waals surface area contributed by atoms with Gasteiger partial charge in [-0.05, 0) is 42.5 Å². The fourth-order valence-electron chi connectivity index (χ4n) is 1.97. The van der Waals surface area contributed by atoms with Crippen molar-refractivity contribution in [2.75, 3.05) is 0 Å². The van der Waals surface area contributed by atoms with Crippen LogP contribution in [0.1, 0.15) is 10.5 Å². The number of carbonyl (C=O) groups excluding carboxylic acids is 1. The smallest absolute Gasteiger partial charge is 0.271 e. The lowest BCUT2D eigenvalue weighted by Crippen LogP contribution is -2.12. The van der Waals surface area contributed by atoms with Gasteiger partial charge in [-0.15, -0.1) is 0 Å². The number of H-pyrrole nitrogens is 1. The summed E-state index contributed by atoms with van der Waals surface area (Å²) in [5.74, 6) is 0.409. The molecule has 0 atom stereocenters. The van der Waals surface area contributed by atoms with E-state index in [1.165, 1.54) is 0 Å². The number of hydrogen-bond donors (Lipinski definition) is 2. The largest absolute Gasteiger partial charge is 0.456 e. The first-order valence-electron chi connectivity index (χ1n) is 6.48. The minimum absolute atomic E-state index is 0.0828. The number of nitrogens with two attached hydrogens (primary N) is 1. The minimum atomic E-state index is -0.651. The van der Waals surface area contributed by atoms with E-state index in [0.29, 0.717) is 32.8 Å². The molecular formula is C15H10Cl2N4O2. The zero-order valence-electron chi connectivity index (χ0n) is 11.6. The minimum Gasteiger partial charge on any atom is -0.456 e. The summed E-state index contributed by atoms with van der Waals surface area (Å²) in [6.45, 7) is 0. The van der Waals surface area contributed by atoms with Crippen LogP contribution in [0.3, 0.4) is 0 Å². The number of hydrogen-bond acceptors (Lipinski definition) is 4. The van der Waals surface area contributed by atoms with Crippen LogP contribution in [0.4, 0.5) is 0 Å². The Hall–Kier alpha value is -2.57. The highest BCUT2D eigenvalue weighted by atomic mass is 35.5. The molecule has 0 unspecified atom stereocenters. The average Bonchev–Trinajstić information content (AvgIpc) is 3.00. The molecule has 0 aliphatic rings. The molecule has 0 fully saturated rings. The number of carbonyl (C=O) groups is 1. The van der Waals surface area contributed by atoms with Gasteiger partial charge >= 0.3 is 0 Å². The Morgan fingerprint density at radius 3 is 2.48 bits per heavy atom. The first-order valence-corrected chi connectivity index (χ1v) is 7.24. The zero-order valence-corrected chi connectivity index (χ0v) is 13.1. The maximum atomic E-state index is 11.3. The van der Waals surface area contributed by atoms with Crippen LogP contribution in [0.25, 0.3) is 11.3 Å². The predicted octanol–water partition coefficient (Wildman–Crippen LogP) is 3.67. The van der Waals surface area contributed by atoms with Crippen LogP contribution in [0.5, 0.6) is 11.5 Å². The van der Waals surface area contributed by atoms with Crippen molar-refractivity contribution in [3.8, 4) is 22.8 Å². The molecule has 0 saturated carbocycles. The van der Waals surface area contributed by atoms with Gasteiger partial charge in [0.15, 0.2) is 5.69 Å². The number of halogens is 2. The van der Waals surface area contributed by atoms with Crippen molar-refractivity contribution < 1.29 is 9.53 Å². The number of amides is 1. The number of ether oxygens (including phenoxy) is 1. The standard InChI is InChI=1S/C15H10Cl2N4O2/c16-9-3-6-12(11(17)7-9)23-10-4-1-8(2-5-10)13-14(15(18)22)20-21-19-13/h1-7H,(H2,18,22)(H,19,20,21). The van der Waals surface area contributed by atoms with E-state index in [9.17, 15) is 4.79 Å². The molecule has 0 saturated heterocycles. The second kappa shape index (κ2) is 6.28. The summed E-state index contributed by atoms with van der Waals surface area (Å²) in [5.41, 5.74) is 6.39. The molecule has 116 valence electrons. The van der Waals surface area contributed by atoms with Gasteiger partial charge in [0.05, 0.1) is 5.02 Å². The highest BCUT2D eigenvalue weighted by Gasteiger charge is 2.15. The van der Waals surface area contributed by atoms with Crippen LogP contribution in [0.2, 0.25) is 10.0 Å². The van der Waals surface area contributed by atoms with Crippen molar-refractivity contribution in [3.63, 3.8) is 0 Å². The molecule has 3 aromatic rings. The van der Waals surface area contributed by atoms with Crippen LogP contribution in [-0.4, -0.2) is 21.3 Å². The van der Waals surface area contributed by atoms with Crippen LogP contribution in [0.15, 0.2) is 42.5 Å². The van der Waals surface area contributed by atoms with Crippen LogP contribution >= 0.6 is 23.2 Å². The summed E-state index contributed by atoms with van der Waals surface area (Å²) in [5, 5.41) is 11.0. The van der Waals surface area contributed by atoms with Gasteiger partial charge in [0, 0.05) is 10.6 Å². The topological polar surface area (TPSA) is 93.9 Å². The van der Waals surface area contributed by atoms with Crippen molar-refractivity contribution in [2.45, 2.75) is 0 Å². The molecule has 3 N–H and O–H groups in total. The molecule has 2 aromatic carbocycles. The fourth-order valence-corrected chi connectivity index (χ4v) is 2.42. The molecular weight excluding hydrogens is 339 g/mol. The number of aromatic nitrogens is 3. The molecule has 8 heteroatoms. The summed E-state index contributed by atoms with van der Waals surface area (Å²) in [6, 6.07) is 11.9. The monoisotopic (exact) mass is 348 g/mol. The van der Waals surface area contributed by atoms with Crippen molar-refractivity contribution in [2.24, 2.45) is 5.73 Å². The van der Waals surface area contributed by atoms with Crippen LogP contribution < -0.4 is 10.5 Å². The fraction of sp³-hybridized carbons (Fsp3) is 0. The van der Waals surface area contributed by atoms with Gasteiger partial charge in [-0.3, -0.25) is 4.79 Å². The van der Waals surface area contributed by atoms with Crippen LogP contribution in [0, 0.1) is 0 Å². The lowest BCUT2D eigenvalue weighted by Gasteiger charge is -2.08. The summed E-state index contributed by atoms with van der Waals surface area (Å²) in [4.78, 5) is 11.3. The van der Waals surface area contributed by atoms with E-state index in [1.807, 2.05) is 0 Å². The van der Waals surface area contributed by atoms with Gasteiger partial charge < -0.3 is 10.5 Å². The molecule has 0 radical (unpaired) electrons. The second-order valence-electron chi connectivity index (χ2n) is 4.59. The number of nitrogens with one attached hydrogen (secondary N) is 1. The number of benzene rings is 2. The van der Waals surface area contributed by atoms with Gasteiger partial charge in [-0.25, -0.2) is 0 Å². The van der Waals surface area contributed by atoms with Crippen molar-refractivity contribution in [1.82, 2.24) is 15.4 Å². The van der Waals surface area contributed by atoms with Gasteiger partial charge in [-0.1, -0.05) is 23.2 Å². The van der Waals surface area contributed by atoms with Gasteiger partial charge in [0.25, 0.3) is 5.91 Å². The molecule has 0 aliphatic heterocycles. The van der Waals surface area contributed by atoms with E-state index in [2.05, 4.69) is 15.4 Å². The molecule has 1 aromatic heterocycles. The third-order valence-electron chi connectivity index (χ3n) is 3.03. The lowest BCUT2D eigenvalue weighted by molar-refractivity contribution is 0.0996. The highest BCUT2D eigenvalue weighted by Crippen LogP contribution is 2.32. The van der Waals surface area contributed by atoms with E-state index in [-0.39, 0.29) is 5.69 Å². The number of aromatic amines is 1. The summed E-state index contributed by atoms with van der Waals surface area (Å²) >= 11 is 11.9. The number of nitrogens with zero attached hydrogens (tertiary/aromatic N) is 2. The normalized spacial score (nSPS) is 10.5. The molecule has 0 aliphatic carbocycles. The molecule has 23 heavy (non-hydrogen) atoms. The molecule has 0 spiro atoms. The van der Waals surface area contributed by atoms with Crippen molar-refractivity contribution in [3.05, 3.63) is 58.2 Å². The summed E-state index contributed by atoms with van der Waals surface area (Å²) in [7, 11) is 0. The predicted molar refractivity (Wildman–Crippen MR) is 86.9 cm³/mol. The first-order chi connectivity index (χ1) is 11.0. The number of rotatable bonds is 4. The van der Waals surface area contributed by atoms with Gasteiger partial charge in [0.1, 0.15) is 17.2 Å². The lowest BCUT2D eigenvalue weighted by atomic mass is 10.1. The van der Waals surface area contributed by atoms with Crippen molar-refractivity contribution in [1.29, 1.82) is 0 Å². The Balaban J connectivity index is 1.85. The van der Waals surface area contributed by atoms with E-state index in [4.69, 9.17) is 33.7 Å². The summed E-state index contributed by atoms with van der Waals surface area (Å²) in [6.07, 6.45) is 0. The van der Waals surface area contributed by atoms with Crippen molar-refractivity contribution >= 4 is 29.1 Å². The third-order valence-corrected chi connectivity index (χ3v) is 3.56. The Bertz CT molecular complexity index is 862. The summed E-state index contributed by atoms with van der Waals surface area (Å²) < 4.78 is 5.69. The molecule has 1 amide bonds. The quantitative estimate of drug-likeness (QED) is 0.751. The Morgan fingerprint density at radius 2 is 1.83 bits per heavy atom. The van der Waals surface area contributed by atoms with E-state index in [0.717, 1.165) is 0 Å². The SMILES string of the molecule is NC(=O)c1n[nH]nc1-c1ccc(Oc2ccc(Cl)cc2Cl)cc1. The Morgan fingerprint density at radius 1 is 1.09 bits per heavy atom. The molecule has 3 rings (SSSR count). The Labute approximate surface area is 141 Å². The highest BCUT2D eigenvalue weighted by molar-refractivity contribution is 6.35. The number of primary amides is 1. The third kappa shape index (κ3) is 3.28. The average molecular weight is 349 g/mol. The van der Waals surface area contributed by atoms with Crippen LogP contribution in [-0.2, 0) is 0 Å².